The summed E-state index contributed by atoms with van der Waals surface area (Å²) >= 11 is 1.51. The Morgan fingerprint density at radius 1 is 0.767 bits per heavy atom. The molecule has 0 radical (unpaired) electrons. The van der Waals surface area contributed by atoms with Crippen molar-refractivity contribution in [3.8, 4) is 0 Å². The third-order valence-electron chi connectivity index (χ3n) is 5.36. The van der Waals surface area contributed by atoms with Gasteiger partial charge in [0.2, 0.25) is 0 Å². The van der Waals surface area contributed by atoms with Crippen LogP contribution in [0.5, 0.6) is 0 Å². The number of anilines is 4. The van der Waals surface area contributed by atoms with Crippen LogP contribution >= 0.6 is 11.3 Å². The Balaban J connectivity index is 1.45. The van der Waals surface area contributed by atoms with Gasteiger partial charge >= 0.3 is 0 Å². The van der Waals surface area contributed by atoms with E-state index in [1.807, 2.05) is 5.38 Å². The Bertz CT molecular complexity index is 662. The number of nitrogens with zero attached hydrogens (tertiary/aromatic N) is 3. The van der Waals surface area contributed by atoms with Crippen molar-refractivity contribution >= 4 is 33.8 Å². The molecule has 6 nitrogen and oxygen atoms in total. The van der Waals surface area contributed by atoms with Crippen LogP contribution in [0.4, 0.5) is 22.5 Å². The van der Waals surface area contributed by atoms with E-state index >= 15 is 0 Å². The van der Waals surface area contributed by atoms with E-state index in [2.05, 4.69) is 32.5 Å². The first-order valence-corrected chi connectivity index (χ1v) is 12.7. The van der Waals surface area contributed by atoms with Gasteiger partial charge in [-0.3, -0.25) is 0 Å². The maximum Gasteiger partial charge on any atom is 0.188 e. The minimum Gasteiger partial charge on any atom is -0.393 e. The van der Waals surface area contributed by atoms with Crippen LogP contribution in [0.15, 0.2) is 17.9 Å². The summed E-state index contributed by atoms with van der Waals surface area (Å²) in [6.07, 6.45) is 22.5. The highest BCUT2D eigenvalue weighted by Gasteiger charge is 2.08. The van der Waals surface area contributed by atoms with Gasteiger partial charge in [-0.15, -0.1) is 11.3 Å². The van der Waals surface area contributed by atoms with Gasteiger partial charge in [-0.25, -0.2) is 15.0 Å². The van der Waals surface area contributed by atoms with Crippen LogP contribution in [0.2, 0.25) is 0 Å². The van der Waals surface area contributed by atoms with Crippen LogP contribution in [0.25, 0.3) is 0 Å². The second-order valence-corrected chi connectivity index (χ2v) is 8.86. The highest BCUT2D eigenvalue weighted by Crippen LogP contribution is 2.26. The molecule has 0 atom stereocenters. The minimum absolute atomic E-state index is 0.540. The molecule has 0 saturated heterocycles. The standard InChI is InChI=1S/C23H40N6S/c1-2-3-4-5-6-7-8-9-10-11-12-13-14-15-16-25-21-20(24)22(28-19-27-21)29-23-26-17-18-30-23/h17-19H,2-16,24H2,1H3,(H2,25,26,27,28,29). The van der Waals surface area contributed by atoms with Crippen molar-refractivity contribution in [1.82, 2.24) is 15.0 Å². The van der Waals surface area contributed by atoms with E-state index < -0.39 is 0 Å². The Kier molecular flexibility index (Phi) is 12.9. The number of hydrogen-bond donors (Lipinski definition) is 3. The van der Waals surface area contributed by atoms with Gasteiger partial charge in [0.15, 0.2) is 16.8 Å². The molecule has 0 aliphatic rings. The van der Waals surface area contributed by atoms with E-state index in [0.717, 1.165) is 18.1 Å². The molecule has 0 unspecified atom stereocenters. The van der Waals surface area contributed by atoms with Crippen LogP contribution in [-0.4, -0.2) is 21.5 Å². The van der Waals surface area contributed by atoms with Crippen molar-refractivity contribution in [2.45, 2.75) is 96.8 Å². The number of thiazole rings is 1. The lowest BCUT2D eigenvalue weighted by atomic mass is 10.0. The molecule has 0 aromatic carbocycles. The first kappa shape index (κ1) is 24.4. The minimum atomic E-state index is 0.540. The Morgan fingerprint density at radius 2 is 1.33 bits per heavy atom. The maximum atomic E-state index is 6.19. The molecule has 168 valence electrons. The molecule has 30 heavy (non-hydrogen) atoms. The van der Waals surface area contributed by atoms with Gasteiger partial charge in [-0.1, -0.05) is 90.4 Å². The summed E-state index contributed by atoms with van der Waals surface area (Å²) in [5, 5.41) is 9.17. The maximum absolute atomic E-state index is 6.19. The molecular weight excluding hydrogens is 392 g/mol. The predicted octanol–water partition coefficient (Wildman–Crippen LogP) is 7.15. The lowest BCUT2D eigenvalue weighted by molar-refractivity contribution is 0.537. The summed E-state index contributed by atoms with van der Waals surface area (Å²) in [7, 11) is 0. The fourth-order valence-electron chi connectivity index (χ4n) is 3.55. The summed E-state index contributed by atoms with van der Waals surface area (Å²) in [6.45, 7) is 3.17. The fourth-order valence-corrected chi connectivity index (χ4v) is 4.08. The number of hydrogen-bond acceptors (Lipinski definition) is 7. The van der Waals surface area contributed by atoms with E-state index in [1.54, 1.807) is 6.20 Å². The summed E-state index contributed by atoms with van der Waals surface area (Å²) < 4.78 is 0. The SMILES string of the molecule is CCCCCCCCCCCCCCCCNc1ncnc(Nc2nccs2)c1N. The fraction of sp³-hybridized carbons (Fsp3) is 0.696. The number of nitrogen functional groups attached to an aromatic ring is 1. The van der Waals surface area contributed by atoms with Crippen molar-refractivity contribution in [1.29, 1.82) is 0 Å². The Hall–Kier alpha value is -1.89. The van der Waals surface area contributed by atoms with Crippen molar-refractivity contribution in [3.05, 3.63) is 17.9 Å². The number of nitrogens with two attached hydrogens (primary N) is 1. The van der Waals surface area contributed by atoms with Gasteiger partial charge in [0.1, 0.15) is 12.0 Å². The molecule has 2 aromatic rings. The second-order valence-electron chi connectivity index (χ2n) is 7.97. The van der Waals surface area contributed by atoms with Crippen molar-refractivity contribution in [2.24, 2.45) is 0 Å². The van der Waals surface area contributed by atoms with E-state index in [0.29, 0.717) is 17.3 Å². The molecule has 0 spiro atoms. The first-order valence-electron chi connectivity index (χ1n) is 11.8. The Labute approximate surface area is 186 Å². The van der Waals surface area contributed by atoms with E-state index in [4.69, 9.17) is 5.73 Å². The molecule has 0 aliphatic heterocycles. The molecule has 4 N–H and O–H groups in total. The molecule has 2 rings (SSSR count). The van der Waals surface area contributed by atoms with Crippen LogP contribution in [0.1, 0.15) is 96.8 Å². The number of nitrogens with one attached hydrogen (secondary N) is 2. The molecule has 0 aliphatic carbocycles. The van der Waals surface area contributed by atoms with Gasteiger partial charge in [-0.2, -0.15) is 0 Å². The average Bonchev–Trinajstić information content (AvgIpc) is 3.26. The molecular formula is C23H40N6S. The number of aromatic nitrogens is 3. The lowest BCUT2D eigenvalue weighted by Gasteiger charge is -2.11. The zero-order chi connectivity index (χ0) is 21.3. The van der Waals surface area contributed by atoms with Crippen LogP contribution in [0.3, 0.4) is 0 Å². The topological polar surface area (TPSA) is 88.8 Å². The van der Waals surface area contributed by atoms with Gasteiger partial charge in [-0.05, 0) is 6.42 Å². The lowest BCUT2D eigenvalue weighted by Crippen LogP contribution is -2.09. The third-order valence-corrected chi connectivity index (χ3v) is 6.05. The van der Waals surface area contributed by atoms with Crippen LogP contribution in [-0.2, 0) is 0 Å². The zero-order valence-corrected chi connectivity index (χ0v) is 19.5. The van der Waals surface area contributed by atoms with E-state index in [9.17, 15) is 0 Å². The van der Waals surface area contributed by atoms with Gasteiger partial charge < -0.3 is 16.4 Å². The summed E-state index contributed by atoms with van der Waals surface area (Å²) in [6, 6.07) is 0. The summed E-state index contributed by atoms with van der Waals surface area (Å²) in [4.78, 5) is 12.7. The predicted molar refractivity (Wildman–Crippen MR) is 131 cm³/mol. The average molecular weight is 433 g/mol. The smallest absolute Gasteiger partial charge is 0.188 e. The quantitative estimate of drug-likeness (QED) is 0.217. The molecule has 2 heterocycles. The summed E-state index contributed by atoms with van der Waals surface area (Å²) in [5.74, 6) is 1.29. The zero-order valence-electron chi connectivity index (χ0n) is 18.7. The van der Waals surface area contributed by atoms with Crippen LogP contribution < -0.4 is 16.4 Å². The second kappa shape index (κ2) is 15.9. The first-order chi connectivity index (χ1) is 14.8. The number of unbranched alkanes of at least 4 members (excludes halogenated alkanes) is 13. The molecule has 0 saturated carbocycles. The third kappa shape index (κ3) is 10.2. The molecule has 0 bridgehead atoms. The van der Waals surface area contributed by atoms with Crippen molar-refractivity contribution in [2.75, 3.05) is 22.9 Å². The van der Waals surface area contributed by atoms with E-state index in [1.165, 1.54) is 101 Å². The summed E-state index contributed by atoms with van der Waals surface area (Å²) in [5.41, 5.74) is 6.73. The largest absolute Gasteiger partial charge is 0.393 e. The van der Waals surface area contributed by atoms with Crippen LogP contribution in [0, 0.1) is 0 Å². The normalized spacial score (nSPS) is 11.0. The molecule has 7 heteroatoms. The number of rotatable bonds is 18. The highest BCUT2D eigenvalue weighted by atomic mass is 32.1. The molecule has 0 fully saturated rings. The Morgan fingerprint density at radius 3 is 1.90 bits per heavy atom. The molecule has 0 amide bonds. The van der Waals surface area contributed by atoms with Crippen molar-refractivity contribution < 1.29 is 0 Å². The van der Waals surface area contributed by atoms with E-state index in [-0.39, 0.29) is 0 Å². The van der Waals surface area contributed by atoms with Gasteiger partial charge in [0.05, 0.1) is 0 Å². The highest BCUT2D eigenvalue weighted by molar-refractivity contribution is 7.13. The molecule has 2 aromatic heterocycles. The monoisotopic (exact) mass is 432 g/mol. The van der Waals surface area contributed by atoms with Gasteiger partial charge in [0, 0.05) is 18.1 Å². The van der Waals surface area contributed by atoms with Crippen molar-refractivity contribution in [3.63, 3.8) is 0 Å². The van der Waals surface area contributed by atoms with Gasteiger partial charge in [0.25, 0.3) is 0 Å².